The largest absolute Gasteiger partial charge is 0.497 e. The van der Waals surface area contributed by atoms with Crippen LogP contribution >= 0.6 is 0 Å². The van der Waals surface area contributed by atoms with E-state index >= 15 is 0 Å². The van der Waals surface area contributed by atoms with Crippen molar-refractivity contribution in [3.8, 4) is 17.0 Å². The van der Waals surface area contributed by atoms with Crippen LogP contribution < -0.4 is 15.0 Å². The average molecular weight is 354 g/mol. The van der Waals surface area contributed by atoms with E-state index in [1.54, 1.807) is 7.11 Å². The first-order valence-electron chi connectivity index (χ1n) is 9.10. The van der Waals surface area contributed by atoms with Crippen LogP contribution in [-0.2, 0) is 4.79 Å². The second kappa shape index (κ2) is 8.17. The fourth-order valence-electron chi connectivity index (χ4n) is 3.18. The second-order valence-electron chi connectivity index (χ2n) is 6.93. The van der Waals surface area contributed by atoms with E-state index in [4.69, 9.17) is 4.74 Å². The predicted molar refractivity (Wildman–Crippen MR) is 102 cm³/mol. The summed E-state index contributed by atoms with van der Waals surface area (Å²) in [6.07, 6.45) is 1.70. The third kappa shape index (κ3) is 4.31. The van der Waals surface area contributed by atoms with Gasteiger partial charge in [0.2, 0.25) is 5.91 Å². The van der Waals surface area contributed by atoms with E-state index in [0.29, 0.717) is 0 Å². The first-order chi connectivity index (χ1) is 12.6. The number of carbonyl (C=O) groups is 1. The molecular formula is C20H26N4O2. The molecule has 6 nitrogen and oxygen atoms in total. The quantitative estimate of drug-likeness (QED) is 0.894. The van der Waals surface area contributed by atoms with Crippen molar-refractivity contribution in [2.75, 3.05) is 25.1 Å². The zero-order valence-corrected chi connectivity index (χ0v) is 15.6. The van der Waals surface area contributed by atoms with E-state index in [9.17, 15) is 4.79 Å². The van der Waals surface area contributed by atoms with Gasteiger partial charge in [0, 0.05) is 30.6 Å². The summed E-state index contributed by atoms with van der Waals surface area (Å²) in [6.45, 7) is 5.64. The monoisotopic (exact) mass is 354 g/mol. The molecule has 1 aliphatic rings. The first-order valence-corrected chi connectivity index (χ1v) is 9.10. The summed E-state index contributed by atoms with van der Waals surface area (Å²) in [5.74, 6) is 1.95. The number of rotatable bonds is 5. The highest BCUT2D eigenvalue weighted by molar-refractivity contribution is 5.79. The van der Waals surface area contributed by atoms with Crippen molar-refractivity contribution in [2.45, 2.75) is 32.7 Å². The van der Waals surface area contributed by atoms with Crippen LogP contribution in [0.15, 0.2) is 36.4 Å². The molecule has 0 unspecified atom stereocenters. The maximum atomic E-state index is 12.1. The molecule has 1 aliphatic heterocycles. The van der Waals surface area contributed by atoms with Gasteiger partial charge in [0.25, 0.3) is 0 Å². The van der Waals surface area contributed by atoms with E-state index < -0.39 is 0 Å². The van der Waals surface area contributed by atoms with Gasteiger partial charge in [0.15, 0.2) is 5.82 Å². The van der Waals surface area contributed by atoms with Crippen molar-refractivity contribution in [1.29, 1.82) is 0 Å². The lowest BCUT2D eigenvalue weighted by atomic mass is 9.95. The Hall–Kier alpha value is -2.63. The van der Waals surface area contributed by atoms with Crippen molar-refractivity contribution in [2.24, 2.45) is 5.92 Å². The van der Waals surface area contributed by atoms with Crippen molar-refractivity contribution in [3.05, 3.63) is 36.4 Å². The molecule has 1 aromatic carbocycles. The van der Waals surface area contributed by atoms with Crippen LogP contribution in [0.3, 0.4) is 0 Å². The maximum Gasteiger partial charge on any atom is 0.223 e. The molecule has 0 spiro atoms. The molecule has 2 aromatic rings. The van der Waals surface area contributed by atoms with E-state index in [0.717, 1.165) is 48.8 Å². The summed E-state index contributed by atoms with van der Waals surface area (Å²) in [5, 5.41) is 11.8. The van der Waals surface area contributed by atoms with E-state index in [2.05, 4.69) is 20.4 Å². The lowest BCUT2D eigenvalue weighted by Gasteiger charge is -2.32. The van der Waals surface area contributed by atoms with Gasteiger partial charge in [-0.1, -0.05) is 0 Å². The summed E-state index contributed by atoms with van der Waals surface area (Å²) in [7, 11) is 1.65. The highest BCUT2D eigenvalue weighted by Gasteiger charge is 2.26. The van der Waals surface area contributed by atoms with Crippen LogP contribution in [0, 0.1) is 5.92 Å². The predicted octanol–water partition coefficient (Wildman–Crippen LogP) is 2.89. The lowest BCUT2D eigenvalue weighted by molar-refractivity contribution is -0.126. The molecular weight excluding hydrogens is 328 g/mol. The van der Waals surface area contributed by atoms with Crippen LogP contribution in [0.2, 0.25) is 0 Å². The standard InChI is InChI=1S/C20H26N4O2/c1-14(2)21-20(25)16-10-12-24(13-11-16)19-9-8-18(22-23-19)15-4-6-17(26-3)7-5-15/h4-9,14,16H,10-13H2,1-3H3,(H,21,25). The molecule has 0 atom stereocenters. The van der Waals surface area contributed by atoms with Gasteiger partial charge >= 0.3 is 0 Å². The normalized spacial score (nSPS) is 15.2. The Kier molecular flexibility index (Phi) is 5.71. The minimum atomic E-state index is 0.0974. The number of benzene rings is 1. The number of hydrogen-bond donors (Lipinski definition) is 1. The minimum Gasteiger partial charge on any atom is -0.497 e. The molecule has 138 valence electrons. The van der Waals surface area contributed by atoms with Crippen LogP contribution in [0.25, 0.3) is 11.3 Å². The molecule has 2 heterocycles. The number of piperidine rings is 1. The SMILES string of the molecule is COc1ccc(-c2ccc(N3CCC(C(=O)NC(C)C)CC3)nn2)cc1. The number of methoxy groups -OCH3 is 1. The Balaban J connectivity index is 1.60. The van der Waals surface area contributed by atoms with Gasteiger partial charge in [-0.25, -0.2) is 0 Å². The Labute approximate surface area is 154 Å². The fraction of sp³-hybridized carbons (Fsp3) is 0.450. The third-order valence-electron chi connectivity index (χ3n) is 4.66. The molecule has 26 heavy (non-hydrogen) atoms. The van der Waals surface area contributed by atoms with Gasteiger partial charge in [-0.15, -0.1) is 10.2 Å². The van der Waals surface area contributed by atoms with Crippen molar-refractivity contribution >= 4 is 11.7 Å². The molecule has 0 radical (unpaired) electrons. The van der Waals surface area contributed by atoms with E-state index in [1.807, 2.05) is 50.2 Å². The number of carbonyl (C=O) groups excluding carboxylic acids is 1. The Bertz CT molecular complexity index is 720. The summed E-state index contributed by atoms with van der Waals surface area (Å²) < 4.78 is 5.18. The highest BCUT2D eigenvalue weighted by Crippen LogP contribution is 2.24. The number of hydrogen-bond acceptors (Lipinski definition) is 5. The Morgan fingerprint density at radius 1 is 1.12 bits per heavy atom. The van der Waals surface area contributed by atoms with Gasteiger partial charge in [0.05, 0.1) is 12.8 Å². The van der Waals surface area contributed by atoms with Gasteiger partial charge in [-0.2, -0.15) is 0 Å². The van der Waals surface area contributed by atoms with Crippen LogP contribution in [0.1, 0.15) is 26.7 Å². The second-order valence-corrected chi connectivity index (χ2v) is 6.93. The molecule has 1 amide bonds. The molecule has 0 aliphatic carbocycles. The molecule has 1 fully saturated rings. The third-order valence-corrected chi connectivity index (χ3v) is 4.66. The first kappa shape index (κ1) is 18.2. The van der Waals surface area contributed by atoms with E-state index in [1.165, 1.54) is 0 Å². The number of nitrogens with one attached hydrogen (secondary N) is 1. The molecule has 1 saturated heterocycles. The molecule has 1 aromatic heterocycles. The van der Waals surface area contributed by atoms with Crippen LogP contribution in [-0.4, -0.2) is 42.3 Å². The zero-order valence-electron chi connectivity index (χ0n) is 15.6. The van der Waals surface area contributed by atoms with Crippen molar-refractivity contribution in [3.63, 3.8) is 0 Å². The number of aromatic nitrogens is 2. The van der Waals surface area contributed by atoms with Crippen molar-refractivity contribution in [1.82, 2.24) is 15.5 Å². The summed E-state index contributed by atoms with van der Waals surface area (Å²) in [6, 6.07) is 12.0. The maximum absolute atomic E-state index is 12.1. The molecule has 3 rings (SSSR count). The van der Waals surface area contributed by atoms with Gasteiger partial charge < -0.3 is 15.0 Å². The van der Waals surface area contributed by atoms with E-state index in [-0.39, 0.29) is 17.9 Å². The summed E-state index contributed by atoms with van der Waals surface area (Å²) in [5.41, 5.74) is 1.84. The average Bonchev–Trinajstić information content (AvgIpc) is 2.68. The fourth-order valence-corrected chi connectivity index (χ4v) is 3.18. The van der Waals surface area contributed by atoms with Gasteiger partial charge in [0.1, 0.15) is 5.75 Å². The lowest BCUT2D eigenvalue weighted by Crippen LogP contribution is -2.42. The van der Waals surface area contributed by atoms with Crippen LogP contribution in [0.4, 0.5) is 5.82 Å². The topological polar surface area (TPSA) is 67.3 Å². The van der Waals surface area contributed by atoms with Gasteiger partial charge in [-0.3, -0.25) is 4.79 Å². The number of ether oxygens (including phenoxy) is 1. The summed E-state index contributed by atoms with van der Waals surface area (Å²) in [4.78, 5) is 14.3. The minimum absolute atomic E-state index is 0.0974. The molecule has 0 saturated carbocycles. The smallest absolute Gasteiger partial charge is 0.223 e. The zero-order chi connectivity index (χ0) is 18.5. The number of anilines is 1. The van der Waals surface area contributed by atoms with Crippen molar-refractivity contribution < 1.29 is 9.53 Å². The Morgan fingerprint density at radius 3 is 2.35 bits per heavy atom. The number of amides is 1. The molecule has 6 heteroatoms. The van der Waals surface area contributed by atoms with Crippen LogP contribution in [0.5, 0.6) is 5.75 Å². The Morgan fingerprint density at radius 2 is 1.81 bits per heavy atom. The van der Waals surface area contributed by atoms with Gasteiger partial charge in [-0.05, 0) is 63.1 Å². The number of nitrogens with zero attached hydrogens (tertiary/aromatic N) is 3. The highest BCUT2D eigenvalue weighted by atomic mass is 16.5. The molecule has 1 N–H and O–H groups in total. The molecule has 0 bridgehead atoms. The summed E-state index contributed by atoms with van der Waals surface area (Å²) >= 11 is 0.